The minimum absolute atomic E-state index is 0.0715. The molecular weight excluding hydrogens is 266 g/mol. The van der Waals surface area contributed by atoms with Gasteiger partial charge < -0.3 is 10.1 Å². The van der Waals surface area contributed by atoms with E-state index in [-0.39, 0.29) is 11.7 Å². The molecule has 1 aromatic carbocycles. The van der Waals surface area contributed by atoms with Crippen molar-refractivity contribution in [2.75, 3.05) is 18.9 Å². The maximum atomic E-state index is 12.3. The number of rotatable bonds is 4. The van der Waals surface area contributed by atoms with E-state index in [4.69, 9.17) is 0 Å². The second kappa shape index (κ2) is 5.75. The highest BCUT2D eigenvalue weighted by Gasteiger charge is 2.40. The maximum absolute atomic E-state index is 12.3. The number of hydrogen-bond donors (Lipinski definition) is 1. The van der Waals surface area contributed by atoms with Crippen LogP contribution in [0.2, 0.25) is 0 Å². The maximum Gasteiger partial charge on any atom is 0.387 e. The van der Waals surface area contributed by atoms with Crippen molar-refractivity contribution in [3.8, 4) is 5.75 Å². The third kappa shape index (κ3) is 3.07. The molecule has 1 fully saturated rings. The van der Waals surface area contributed by atoms with E-state index in [1.807, 2.05) is 18.9 Å². The molecular formula is C14H18F2N2O2. The number of halogens is 2. The van der Waals surface area contributed by atoms with Crippen molar-refractivity contribution in [1.29, 1.82) is 0 Å². The van der Waals surface area contributed by atoms with Crippen LogP contribution in [0.3, 0.4) is 0 Å². The summed E-state index contributed by atoms with van der Waals surface area (Å²) in [7, 11) is 1.92. The molecule has 1 unspecified atom stereocenters. The first-order chi connectivity index (χ1) is 9.41. The SMILES string of the molecule is CN1CCCC1(C)C(=O)Nc1ccc(OC(F)F)cc1. The first-order valence-electron chi connectivity index (χ1n) is 6.49. The van der Waals surface area contributed by atoms with E-state index in [0.29, 0.717) is 5.69 Å². The van der Waals surface area contributed by atoms with Gasteiger partial charge in [-0.25, -0.2) is 0 Å². The van der Waals surface area contributed by atoms with Crippen LogP contribution in [-0.4, -0.2) is 36.5 Å². The second-order valence-electron chi connectivity index (χ2n) is 5.16. The average molecular weight is 284 g/mol. The Hall–Kier alpha value is -1.69. The number of amides is 1. The Balaban J connectivity index is 2.01. The number of carbonyl (C=O) groups excluding carboxylic acids is 1. The molecule has 1 aliphatic rings. The zero-order valence-corrected chi connectivity index (χ0v) is 11.5. The number of anilines is 1. The topological polar surface area (TPSA) is 41.6 Å². The average Bonchev–Trinajstić information content (AvgIpc) is 2.73. The predicted molar refractivity (Wildman–Crippen MR) is 72.0 cm³/mol. The van der Waals surface area contributed by atoms with Gasteiger partial charge in [-0.1, -0.05) is 0 Å². The van der Waals surface area contributed by atoms with Gasteiger partial charge in [0.25, 0.3) is 0 Å². The molecule has 1 amide bonds. The molecule has 4 nitrogen and oxygen atoms in total. The normalized spacial score (nSPS) is 23.1. The highest BCUT2D eigenvalue weighted by Crippen LogP contribution is 2.29. The van der Waals surface area contributed by atoms with Crippen LogP contribution < -0.4 is 10.1 Å². The lowest BCUT2D eigenvalue weighted by Gasteiger charge is -2.30. The van der Waals surface area contributed by atoms with Gasteiger partial charge in [0.1, 0.15) is 5.75 Å². The van der Waals surface area contributed by atoms with Gasteiger partial charge in [-0.05, 0) is 57.6 Å². The van der Waals surface area contributed by atoms with Gasteiger partial charge in [-0.3, -0.25) is 9.69 Å². The minimum atomic E-state index is -2.85. The quantitative estimate of drug-likeness (QED) is 0.924. The van der Waals surface area contributed by atoms with Crippen molar-refractivity contribution < 1.29 is 18.3 Å². The van der Waals surface area contributed by atoms with Crippen molar-refractivity contribution in [3.63, 3.8) is 0 Å². The van der Waals surface area contributed by atoms with Crippen LogP contribution >= 0.6 is 0 Å². The molecule has 110 valence electrons. The van der Waals surface area contributed by atoms with E-state index < -0.39 is 12.2 Å². The zero-order chi connectivity index (χ0) is 14.8. The van der Waals surface area contributed by atoms with Crippen molar-refractivity contribution in [1.82, 2.24) is 4.90 Å². The molecule has 0 aliphatic carbocycles. The van der Waals surface area contributed by atoms with Gasteiger partial charge in [-0.15, -0.1) is 0 Å². The van der Waals surface area contributed by atoms with Crippen LogP contribution in [0.4, 0.5) is 14.5 Å². The molecule has 1 heterocycles. The molecule has 1 saturated heterocycles. The number of carbonyl (C=O) groups is 1. The van der Waals surface area contributed by atoms with Gasteiger partial charge in [-0.2, -0.15) is 8.78 Å². The molecule has 6 heteroatoms. The fourth-order valence-corrected chi connectivity index (χ4v) is 2.37. The van der Waals surface area contributed by atoms with E-state index in [1.54, 1.807) is 12.1 Å². The lowest BCUT2D eigenvalue weighted by molar-refractivity contribution is -0.124. The Kier molecular flexibility index (Phi) is 4.23. The number of hydrogen-bond acceptors (Lipinski definition) is 3. The van der Waals surface area contributed by atoms with E-state index in [1.165, 1.54) is 12.1 Å². The Bertz CT molecular complexity index is 479. The lowest BCUT2D eigenvalue weighted by atomic mass is 9.98. The van der Waals surface area contributed by atoms with Crippen LogP contribution in [0, 0.1) is 0 Å². The molecule has 2 rings (SSSR count). The summed E-state index contributed by atoms with van der Waals surface area (Å²) in [6.07, 6.45) is 1.80. The Morgan fingerprint density at radius 3 is 2.55 bits per heavy atom. The third-order valence-corrected chi connectivity index (χ3v) is 3.83. The summed E-state index contributed by atoms with van der Waals surface area (Å²) in [6.45, 7) is -0.0455. The smallest absolute Gasteiger partial charge is 0.387 e. The number of nitrogens with one attached hydrogen (secondary N) is 1. The summed E-state index contributed by atoms with van der Waals surface area (Å²) in [6, 6.07) is 5.91. The minimum Gasteiger partial charge on any atom is -0.435 e. The molecule has 0 aromatic heterocycles. The van der Waals surface area contributed by atoms with Crippen LogP contribution in [0.5, 0.6) is 5.75 Å². The second-order valence-corrected chi connectivity index (χ2v) is 5.16. The van der Waals surface area contributed by atoms with Crippen molar-refractivity contribution in [2.45, 2.75) is 31.9 Å². The molecule has 1 N–H and O–H groups in total. The van der Waals surface area contributed by atoms with Crippen LogP contribution in [0.25, 0.3) is 0 Å². The van der Waals surface area contributed by atoms with Crippen LogP contribution in [0.1, 0.15) is 19.8 Å². The standard InChI is InChI=1S/C14H18F2N2O2/c1-14(8-3-9-18(14)2)12(19)17-10-4-6-11(7-5-10)20-13(15)16/h4-7,13H,3,8-9H2,1-2H3,(H,17,19). The molecule has 0 radical (unpaired) electrons. The molecule has 1 aromatic rings. The van der Waals surface area contributed by atoms with Crippen LogP contribution in [0.15, 0.2) is 24.3 Å². The summed E-state index contributed by atoms with van der Waals surface area (Å²) >= 11 is 0. The number of alkyl halides is 2. The van der Waals surface area contributed by atoms with Gasteiger partial charge in [0.05, 0.1) is 5.54 Å². The summed E-state index contributed by atoms with van der Waals surface area (Å²) in [4.78, 5) is 14.3. The third-order valence-electron chi connectivity index (χ3n) is 3.83. The fourth-order valence-electron chi connectivity index (χ4n) is 2.37. The number of benzene rings is 1. The van der Waals surface area contributed by atoms with Crippen molar-refractivity contribution in [2.24, 2.45) is 0 Å². The van der Waals surface area contributed by atoms with Gasteiger partial charge in [0, 0.05) is 5.69 Å². The Labute approximate surface area is 116 Å². The summed E-state index contributed by atoms with van der Waals surface area (Å²) in [5.74, 6) is -0.0118. The van der Waals surface area contributed by atoms with Crippen molar-refractivity contribution in [3.05, 3.63) is 24.3 Å². The summed E-state index contributed by atoms with van der Waals surface area (Å²) in [5, 5.41) is 2.81. The molecule has 0 saturated carbocycles. The molecule has 1 aliphatic heterocycles. The Morgan fingerprint density at radius 1 is 1.40 bits per heavy atom. The number of nitrogens with zero attached hydrogens (tertiary/aromatic N) is 1. The molecule has 1 atom stereocenters. The van der Waals surface area contributed by atoms with Crippen LogP contribution in [-0.2, 0) is 4.79 Å². The first kappa shape index (κ1) is 14.7. The molecule has 0 bridgehead atoms. The van der Waals surface area contributed by atoms with Gasteiger partial charge >= 0.3 is 6.61 Å². The highest BCUT2D eigenvalue weighted by atomic mass is 19.3. The first-order valence-corrected chi connectivity index (χ1v) is 6.49. The summed E-state index contributed by atoms with van der Waals surface area (Å²) in [5.41, 5.74) is 0.0520. The zero-order valence-electron chi connectivity index (χ0n) is 11.5. The number of ether oxygens (including phenoxy) is 1. The Morgan fingerprint density at radius 2 is 2.05 bits per heavy atom. The monoisotopic (exact) mass is 284 g/mol. The highest BCUT2D eigenvalue weighted by molar-refractivity contribution is 5.98. The predicted octanol–water partition coefficient (Wildman–Crippen LogP) is 2.71. The fraction of sp³-hybridized carbons (Fsp3) is 0.500. The van der Waals surface area contributed by atoms with E-state index in [9.17, 15) is 13.6 Å². The lowest BCUT2D eigenvalue weighted by Crippen LogP contribution is -2.48. The van der Waals surface area contributed by atoms with E-state index >= 15 is 0 Å². The van der Waals surface area contributed by atoms with Gasteiger partial charge in [0.2, 0.25) is 5.91 Å². The number of likely N-dealkylation sites (N-methyl/N-ethyl adjacent to an activating group) is 1. The van der Waals surface area contributed by atoms with Gasteiger partial charge in [0.15, 0.2) is 0 Å². The number of likely N-dealkylation sites (tertiary alicyclic amines) is 1. The largest absolute Gasteiger partial charge is 0.435 e. The summed E-state index contributed by atoms with van der Waals surface area (Å²) < 4.78 is 28.3. The van der Waals surface area contributed by atoms with E-state index in [2.05, 4.69) is 10.1 Å². The van der Waals surface area contributed by atoms with Crippen molar-refractivity contribution >= 4 is 11.6 Å². The molecule has 0 spiro atoms. The van der Waals surface area contributed by atoms with E-state index in [0.717, 1.165) is 19.4 Å². The molecule has 20 heavy (non-hydrogen) atoms.